The number of ether oxygens (including phenoxy) is 2. The van der Waals surface area contributed by atoms with E-state index in [1.54, 1.807) is 7.11 Å². The molecule has 1 atom stereocenters. The Labute approximate surface area is 171 Å². The van der Waals surface area contributed by atoms with Crippen molar-refractivity contribution in [2.75, 3.05) is 40.3 Å². The second-order valence-electron chi connectivity index (χ2n) is 6.76. The number of carboxylic acid groups (broad SMARTS) is 1. The molecule has 1 aromatic carbocycles. The molecule has 0 spiro atoms. The van der Waals surface area contributed by atoms with Gasteiger partial charge in [-0.15, -0.1) is 0 Å². The molecule has 9 heteroatoms. The van der Waals surface area contributed by atoms with E-state index in [0.29, 0.717) is 23.9 Å². The molecule has 1 aromatic heterocycles. The van der Waals surface area contributed by atoms with E-state index in [1.807, 2.05) is 28.9 Å². The monoisotopic (exact) mass is 405 g/mol. The minimum atomic E-state index is -0.250. The lowest BCUT2D eigenvalue weighted by Gasteiger charge is -2.35. The number of hydrogen-bond acceptors (Lipinski definition) is 7. The van der Waals surface area contributed by atoms with Gasteiger partial charge in [0.15, 0.2) is 17.3 Å². The molecule has 0 amide bonds. The van der Waals surface area contributed by atoms with Gasteiger partial charge in [0.2, 0.25) is 0 Å². The fraction of sp³-hybridized carbons (Fsp3) is 0.550. The zero-order valence-corrected chi connectivity index (χ0v) is 17.6. The van der Waals surface area contributed by atoms with Gasteiger partial charge in [-0.05, 0) is 33.0 Å². The van der Waals surface area contributed by atoms with Crippen LogP contribution in [0.4, 0.5) is 0 Å². The number of rotatable bonds is 7. The van der Waals surface area contributed by atoms with E-state index in [1.165, 1.54) is 0 Å². The molecule has 1 fully saturated rings. The zero-order valence-electron chi connectivity index (χ0n) is 17.6. The van der Waals surface area contributed by atoms with Crippen LogP contribution in [0.5, 0.6) is 11.5 Å². The summed E-state index contributed by atoms with van der Waals surface area (Å²) in [6.07, 6.45) is 0. The smallest absolute Gasteiger partial charge is 0.290 e. The van der Waals surface area contributed by atoms with E-state index in [9.17, 15) is 0 Å². The number of methoxy groups -OCH3 is 1. The molecule has 0 bridgehead atoms. The summed E-state index contributed by atoms with van der Waals surface area (Å²) < 4.78 is 13.2. The summed E-state index contributed by atoms with van der Waals surface area (Å²) in [4.78, 5) is 18.0. The molecule has 0 saturated carbocycles. The fourth-order valence-corrected chi connectivity index (χ4v) is 3.26. The maximum atomic E-state index is 8.36. The number of aromatic nitrogens is 3. The Morgan fingerprint density at radius 3 is 2.41 bits per heavy atom. The Morgan fingerprint density at radius 2 is 1.83 bits per heavy atom. The van der Waals surface area contributed by atoms with Crippen LogP contribution in [0, 0.1) is 0 Å². The number of para-hydroxylation sites is 2. The molecule has 2 aromatic rings. The molecular formula is C20H31N5O4. The van der Waals surface area contributed by atoms with E-state index in [2.05, 4.69) is 35.8 Å². The van der Waals surface area contributed by atoms with Crippen molar-refractivity contribution in [3.05, 3.63) is 35.9 Å². The molecule has 1 aliphatic rings. The van der Waals surface area contributed by atoms with Crippen molar-refractivity contribution in [1.29, 1.82) is 0 Å². The minimum absolute atomic E-state index is 0.246. The molecule has 29 heavy (non-hydrogen) atoms. The lowest BCUT2D eigenvalue weighted by Crippen LogP contribution is -2.45. The third kappa shape index (κ3) is 6.16. The molecule has 160 valence electrons. The van der Waals surface area contributed by atoms with Crippen molar-refractivity contribution in [2.24, 2.45) is 0 Å². The van der Waals surface area contributed by atoms with Gasteiger partial charge in [0.25, 0.3) is 6.47 Å². The van der Waals surface area contributed by atoms with Gasteiger partial charge in [-0.2, -0.15) is 5.10 Å². The first-order valence-electron chi connectivity index (χ1n) is 9.73. The third-order valence-corrected chi connectivity index (χ3v) is 4.93. The van der Waals surface area contributed by atoms with Crippen molar-refractivity contribution in [3.63, 3.8) is 0 Å². The van der Waals surface area contributed by atoms with Crippen molar-refractivity contribution >= 4 is 6.47 Å². The highest BCUT2D eigenvalue weighted by Gasteiger charge is 2.25. The maximum Gasteiger partial charge on any atom is 0.290 e. The Morgan fingerprint density at radius 1 is 1.21 bits per heavy atom. The average molecular weight is 405 g/mol. The number of nitrogens with zero attached hydrogens (tertiary/aromatic N) is 5. The summed E-state index contributed by atoms with van der Waals surface area (Å²) in [7, 11) is 3.81. The first-order chi connectivity index (χ1) is 14.0. The molecule has 1 saturated heterocycles. The summed E-state index contributed by atoms with van der Waals surface area (Å²) in [5.41, 5.74) is 0. The van der Waals surface area contributed by atoms with Crippen LogP contribution in [0.25, 0.3) is 0 Å². The SMILES string of the molecule is CCn1nc(COc2ccccc2OC)nc1C(C)N1CCN(C)CC1.O=CO. The van der Waals surface area contributed by atoms with Gasteiger partial charge in [-0.25, -0.2) is 9.67 Å². The molecule has 0 radical (unpaired) electrons. The van der Waals surface area contributed by atoms with Crippen LogP contribution in [0.15, 0.2) is 24.3 Å². The molecule has 3 rings (SSSR count). The number of hydrogen-bond donors (Lipinski definition) is 1. The second-order valence-corrected chi connectivity index (χ2v) is 6.76. The van der Waals surface area contributed by atoms with Crippen molar-refractivity contribution < 1.29 is 19.4 Å². The largest absolute Gasteiger partial charge is 0.493 e. The van der Waals surface area contributed by atoms with Gasteiger partial charge in [0.1, 0.15) is 12.4 Å². The normalized spacial score (nSPS) is 15.9. The maximum absolute atomic E-state index is 8.36. The van der Waals surface area contributed by atoms with Crippen LogP contribution in [-0.2, 0) is 17.9 Å². The molecule has 0 aliphatic carbocycles. The van der Waals surface area contributed by atoms with Crippen LogP contribution in [0.3, 0.4) is 0 Å². The molecule has 1 N–H and O–H groups in total. The van der Waals surface area contributed by atoms with E-state index in [0.717, 1.165) is 38.5 Å². The number of piperazine rings is 1. The predicted molar refractivity (Wildman–Crippen MR) is 109 cm³/mol. The predicted octanol–water partition coefficient (Wildman–Crippen LogP) is 1.89. The number of carbonyl (C=O) groups is 1. The number of benzene rings is 1. The van der Waals surface area contributed by atoms with E-state index < -0.39 is 0 Å². The topological polar surface area (TPSA) is 93.0 Å². The van der Waals surface area contributed by atoms with Gasteiger partial charge in [0.05, 0.1) is 13.2 Å². The number of likely N-dealkylation sites (N-methyl/N-ethyl adjacent to an activating group) is 1. The molecule has 1 aliphatic heterocycles. The van der Waals surface area contributed by atoms with Crippen LogP contribution >= 0.6 is 0 Å². The van der Waals surface area contributed by atoms with Gasteiger partial charge in [-0.1, -0.05) is 12.1 Å². The van der Waals surface area contributed by atoms with Gasteiger partial charge in [-0.3, -0.25) is 9.69 Å². The molecule has 2 heterocycles. The minimum Gasteiger partial charge on any atom is -0.493 e. The van der Waals surface area contributed by atoms with Crippen molar-refractivity contribution in [1.82, 2.24) is 24.6 Å². The van der Waals surface area contributed by atoms with E-state index in [4.69, 9.17) is 24.4 Å². The van der Waals surface area contributed by atoms with E-state index in [-0.39, 0.29) is 12.5 Å². The highest BCUT2D eigenvalue weighted by atomic mass is 16.5. The summed E-state index contributed by atoms with van der Waals surface area (Å²) in [5.74, 6) is 3.13. The Bertz CT molecular complexity index is 759. The average Bonchev–Trinajstić information content (AvgIpc) is 3.16. The van der Waals surface area contributed by atoms with Crippen LogP contribution in [0.1, 0.15) is 31.5 Å². The van der Waals surface area contributed by atoms with E-state index >= 15 is 0 Å². The van der Waals surface area contributed by atoms with Crippen molar-refractivity contribution in [2.45, 2.75) is 33.0 Å². The fourth-order valence-electron chi connectivity index (χ4n) is 3.26. The summed E-state index contributed by atoms with van der Waals surface area (Å²) in [6, 6.07) is 7.87. The highest BCUT2D eigenvalue weighted by molar-refractivity contribution is 5.39. The standard InChI is InChI=1S/C19H29N5O2.CH2O2/c1-5-24-19(15(2)23-12-10-22(3)11-13-23)20-18(21-24)14-26-17-9-7-6-8-16(17)25-4;2-1-3/h6-9,15H,5,10-14H2,1-4H3;1H,(H,2,3). The summed E-state index contributed by atoms with van der Waals surface area (Å²) >= 11 is 0. The lowest BCUT2D eigenvalue weighted by atomic mass is 10.2. The quantitative estimate of drug-likeness (QED) is 0.698. The third-order valence-electron chi connectivity index (χ3n) is 4.93. The highest BCUT2D eigenvalue weighted by Crippen LogP contribution is 2.27. The zero-order chi connectivity index (χ0) is 21.2. The first kappa shape index (κ1) is 22.6. The summed E-state index contributed by atoms with van der Waals surface area (Å²) in [5, 5.41) is 11.5. The lowest BCUT2D eigenvalue weighted by molar-refractivity contribution is -0.122. The van der Waals surface area contributed by atoms with Gasteiger partial charge < -0.3 is 19.5 Å². The first-order valence-corrected chi connectivity index (χ1v) is 9.73. The Balaban J connectivity index is 0.000000941. The Kier molecular flexibility index (Phi) is 8.88. The Hall–Kier alpha value is -2.65. The van der Waals surface area contributed by atoms with Crippen LogP contribution in [0.2, 0.25) is 0 Å². The molecule has 1 unspecified atom stereocenters. The van der Waals surface area contributed by atoms with Crippen LogP contribution in [-0.4, -0.2) is 76.5 Å². The number of aryl methyl sites for hydroxylation is 1. The van der Waals surface area contributed by atoms with Crippen molar-refractivity contribution in [3.8, 4) is 11.5 Å². The van der Waals surface area contributed by atoms with Gasteiger partial charge in [0, 0.05) is 32.7 Å². The molecular weight excluding hydrogens is 374 g/mol. The summed E-state index contributed by atoms with van der Waals surface area (Å²) in [6.45, 7) is 9.49. The second kappa shape index (κ2) is 11.4. The van der Waals surface area contributed by atoms with Gasteiger partial charge >= 0.3 is 0 Å². The molecule has 9 nitrogen and oxygen atoms in total. The van der Waals surface area contributed by atoms with Crippen LogP contribution < -0.4 is 9.47 Å².